The quantitative estimate of drug-likeness (QED) is 0.576. The van der Waals surface area contributed by atoms with E-state index in [0.717, 1.165) is 31.5 Å². The molecule has 0 unspecified atom stereocenters. The van der Waals surface area contributed by atoms with Crippen molar-refractivity contribution in [2.45, 2.75) is 78.8 Å². The molecule has 1 amide bonds. The second-order valence-corrected chi connectivity index (χ2v) is 7.81. The van der Waals surface area contributed by atoms with Gasteiger partial charge in [0.05, 0.1) is 7.11 Å². The molecular formula is C19H33N3O3. The summed E-state index contributed by atoms with van der Waals surface area (Å²) < 4.78 is 6.70. The summed E-state index contributed by atoms with van der Waals surface area (Å²) >= 11 is 0. The number of nitrogens with one attached hydrogen (secondary N) is 1. The Morgan fingerprint density at radius 2 is 1.92 bits per heavy atom. The summed E-state index contributed by atoms with van der Waals surface area (Å²) in [5.41, 5.74) is 1.25. The highest BCUT2D eigenvalue weighted by molar-refractivity contribution is 5.95. The Bertz CT molecular complexity index is 585. The average Bonchev–Trinajstić information content (AvgIpc) is 2.96. The maximum Gasteiger partial charge on any atom is 0.328 e. The Kier molecular flexibility index (Phi) is 7.64. The van der Waals surface area contributed by atoms with E-state index in [4.69, 9.17) is 4.74 Å². The number of carbonyl (C=O) groups is 2. The molecule has 0 radical (unpaired) electrons. The molecule has 1 aromatic rings. The number of methoxy groups -OCH3 is 1. The van der Waals surface area contributed by atoms with Gasteiger partial charge in [-0.1, -0.05) is 54.4 Å². The molecule has 1 atom stereocenters. The van der Waals surface area contributed by atoms with Crippen LogP contribution in [0.2, 0.25) is 0 Å². The van der Waals surface area contributed by atoms with Crippen molar-refractivity contribution in [1.82, 2.24) is 15.1 Å². The van der Waals surface area contributed by atoms with Gasteiger partial charge in [0.2, 0.25) is 0 Å². The number of carbonyl (C=O) groups excluding carboxylic acids is 2. The molecule has 0 aliphatic carbocycles. The maximum absolute atomic E-state index is 12.6. The lowest BCUT2D eigenvalue weighted by Gasteiger charge is -2.20. The molecule has 142 valence electrons. The van der Waals surface area contributed by atoms with Gasteiger partial charge in [-0.05, 0) is 18.4 Å². The Labute approximate surface area is 151 Å². The minimum Gasteiger partial charge on any atom is -0.467 e. The minimum absolute atomic E-state index is 0.0647. The van der Waals surface area contributed by atoms with Gasteiger partial charge in [0.1, 0.15) is 11.7 Å². The van der Waals surface area contributed by atoms with Gasteiger partial charge >= 0.3 is 5.97 Å². The second kappa shape index (κ2) is 9.02. The molecule has 0 aliphatic heterocycles. The number of unbranched alkanes of at least 4 members (excludes halogenated alkanes) is 2. The molecule has 0 saturated heterocycles. The summed E-state index contributed by atoms with van der Waals surface area (Å²) in [4.78, 5) is 24.5. The van der Waals surface area contributed by atoms with Crippen molar-refractivity contribution in [2.24, 2.45) is 5.92 Å². The zero-order valence-electron chi connectivity index (χ0n) is 16.7. The van der Waals surface area contributed by atoms with Gasteiger partial charge < -0.3 is 10.1 Å². The highest BCUT2D eigenvalue weighted by atomic mass is 16.5. The van der Waals surface area contributed by atoms with E-state index >= 15 is 0 Å². The van der Waals surface area contributed by atoms with Crippen LogP contribution in [-0.4, -0.2) is 34.8 Å². The van der Waals surface area contributed by atoms with Gasteiger partial charge in [0.25, 0.3) is 5.91 Å². The fourth-order valence-corrected chi connectivity index (χ4v) is 2.65. The van der Waals surface area contributed by atoms with Crippen molar-refractivity contribution < 1.29 is 14.3 Å². The lowest BCUT2D eigenvalue weighted by atomic mass is 9.91. The van der Waals surface area contributed by atoms with E-state index in [1.54, 1.807) is 0 Å². The van der Waals surface area contributed by atoms with Crippen molar-refractivity contribution in [2.75, 3.05) is 7.11 Å². The highest BCUT2D eigenvalue weighted by Gasteiger charge is 2.28. The molecule has 0 spiro atoms. The number of nitrogens with zero attached hydrogens (tertiary/aromatic N) is 2. The topological polar surface area (TPSA) is 73.2 Å². The first-order chi connectivity index (χ1) is 11.6. The fraction of sp³-hybridized carbons (Fsp3) is 0.737. The molecule has 0 aromatic carbocycles. The fourth-order valence-electron chi connectivity index (χ4n) is 2.65. The zero-order valence-corrected chi connectivity index (χ0v) is 16.7. The van der Waals surface area contributed by atoms with Crippen molar-refractivity contribution in [3.05, 3.63) is 17.5 Å². The third-order valence-corrected chi connectivity index (χ3v) is 4.16. The monoisotopic (exact) mass is 351 g/mol. The van der Waals surface area contributed by atoms with E-state index in [0.29, 0.717) is 5.69 Å². The number of hydrogen-bond donors (Lipinski definition) is 1. The lowest BCUT2D eigenvalue weighted by molar-refractivity contribution is -0.144. The number of hydrogen-bond acceptors (Lipinski definition) is 4. The van der Waals surface area contributed by atoms with Crippen molar-refractivity contribution in [3.63, 3.8) is 0 Å². The predicted molar refractivity (Wildman–Crippen MR) is 98.6 cm³/mol. The smallest absolute Gasteiger partial charge is 0.328 e. The minimum atomic E-state index is -0.680. The number of aromatic nitrogens is 2. The Hall–Kier alpha value is -1.85. The number of rotatable bonds is 8. The SMILES string of the molecule is CCCCCn1nc(C(=O)N[C@H](C(=O)OC)C(C)C)cc1C(C)(C)C. The van der Waals surface area contributed by atoms with Crippen LogP contribution in [0.5, 0.6) is 0 Å². The molecule has 0 aliphatic rings. The van der Waals surface area contributed by atoms with Crippen LogP contribution >= 0.6 is 0 Å². The van der Waals surface area contributed by atoms with Gasteiger partial charge in [0.15, 0.2) is 0 Å². The number of esters is 1. The molecular weight excluding hydrogens is 318 g/mol. The molecule has 1 aromatic heterocycles. The summed E-state index contributed by atoms with van der Waals surface area (Å²) in [7, 11) is 1.32. The van der Waals surface area contributed by atoms with E-state index in [1.165, 1.54) is 7.11 Å². The second-order valence-electron chi connectivity index (χ2n) is 7.81. The van der Waals surface area contributed by atoms with E-state index in [-0.39, 0.29) is 17.2 Å². The Morgan fingerprint density at radius 3 is 2.40 bits per heavy atom. The van der Waals surface area contributed by atoms with E-state index in [2.05, 4.69) is 38.1 Å². The highest BCUT2D eigenvalue weighted by Crippen LogP contribution is 2.24. The van der Waals surface area contributed by atoms with E-state index in [9.17, 15) is 9.59 Å². The number of ether oxygens (including phenoxy) is 1. The van der Waals surface area contributed by atoms with Crippen LogP contribution in [0.15, 0.2) is 6.07 Å². The predicted octanol–water partition coefficient (Wildman–Crippen LogP) is 3.30. The van der Waals surface area contributed by atoms with Crippen LogP contribution in [0.25, 0.3) is 0 Å². The van der Waals surface area contributed by atoms with Crippen molar-refractivity contribution >= 4 is 11.9 Å². The van der Waals surface area contributed by atoms with Gasteiger partial charge in [-0.25, -0.2) is 4.79 Å². The lowest BCUT2D eigenvalue weighted by Crippen LogP contribution is -2.45. The van der Waals surface area contributed by atoms with Gasteiger partial charge in [0, 0.05) is 17.7 Å². The summed E-state index contributed by atoms with van der Waals surface area (Å²) in [6.45, 7) is 13.0. The summed E-state index contributed by atoms with van der Waals surface area (Å²) in [5.74, 6) is -0.851. The molecule has 1 heterocycles. The third-order valence-electron chi connectivity index (χ3n) is 4.16. The molecule has 0 saturated carbocycles. The molecule has 0 fully saturated rings. The summed E-state index contributed by atoms with van der Waals surface area (Å²) in [6.07, 6.45) is 3.29. The molecule has 1 rings (SSSR count). The van der Waals surface area contributed by atoms with Crippen LogP contribution in [0, 0.1) is 5.92 Å². The normalized spacial score (nSPS) is 13.0. The van der Waals surface area contributed by atoms with Gasteiger partial charge in [-0.2, -0.15) is 5.10 Å². The molecule has 25 heavy (non-hydrogen) atoms. The third kappa shape index (κ3) is 5.87. The Morgan fingerprint density at radius 1 is 1.28 bits per heavy atom. The van der Waals surface area contributed by atoms with Gasteiger partial charge in [-0.3, -0.25) is 9.48 Å². The van der Waals surface area contributed by atoms with Crippen LogP contribution in [0.3, 0.4) is 0 Å². The average molecular weight is 351 g/mol. The number of aryl methyl sites for hydroxylation is 1. The molecule has 6 heteroatoms. The molecule has 6 nitrogen and oxygen atoms in total. The summed E-state index contributed by atoms with van der Waals surface area (Å²) in [5, 5.41) is 7.25. The van der Waals surface area contributed by atoms with Crippen LogP contribution in [-0.2, 0) is 21.5 Å². The first kappa shape index (κ1) is 21.2. The maximum atomic E-state index is 12.6. The van der Waals surface area contributed by atoms with Crippen molar-refractivity contribution in [3.8, 4) is 0 Å². The standard InChI is InChI=1S/C19H33N3O3/c1-8-9-10-11-22-15(19(4,5)6)12-14(21-22)17(23)20-16(13(2)3)18(24)25-7/h12-13,16H,8-11H2,1-7H3,(H,20,23)/t16-/m0/s1. The van der Waals surface area contributed by atoms with E-state index in [1.807, 2.05) is 24.6 Å². The van der Waals surface area contributed by atoms with Gasteiger partial charge in [-0.15, -0.1) is 0 Å². The first-order valence-corrected chi connectivity index (χ1v) is 9.08. The van der Waals surface area contributed by atoms with Crippen LogP contribution in [0.1, 0.15) is 77.0 Å². The molecule has 0 bridgehead atoms. The number of amides is 1. The largest absolute Gasteiger partial charge is 0.467 e. The van der Waals surface area contributed by atoms with Crippen LogP contribution < -0.4 is 5.32 Å². The first-order valence-electron chi connectivity index (χ1n) is 9.08. The zero-order chi connectivity index (χ0) is 19.2. The van der Waals surface area contributed by atoms with Crippen molar-refractivity contribution in [1.29, 1.82) is 0 Å². The van der Waals surface area contributed by atoms with E-state index < -0.39 is 12.0 Å². The molecule has 1 N–H and O–H groups in total. The summed E-state index contributed by atoms with van der Waals surface area (Å²) in [6, 6.07) is 1.15. The Balaban J connectivity index is 3.03. The van der Waals surface area contributed by atoms with Crippen LogP contribution in [0.4, 0.5) is 0 Å².